The zero-order chi connectivity index (χ0) is 18.5. The molecule has 1 heterocycles. The van der Waals surface area contributed by atoms with Crippen LogP contribution in [-0.4, -0.2) is 42.5 Å². The standard InChI is InChI=1S/C25H28N2.2ClH/c1-26-17-18-27(19-21-11-5-2-6-12-21)20-24(26)25(22-13-7-3-8-14-22)23-15-9-4-10-16-23;;/h2-16,24-25H,17-20H2,1H3;2*1H. The van der Waals surface area contributed by atoms with Gasteiger partial charge in [0, 0.05) is 38.1 Å². The molecule has 4 rings (SSSR count). The molecule has 154 valence electrons. The van der Waals surface area contributed by atoms with Crippen molar-refractivity contribution >= 4 is 24.8 Å². The lowest BCUT2D eigenvalue weighted by Gasteiger charge is -2.43. The van der Waals surface area contributed by atoms with Gasteiger partial charge in [-0.2, -0.15) is 0 Å². The van der Waals surface area contributed by atoms with Gasteiger partial charge in [-0.25, -0.2) is 0 Å². The monoisotopic (exact) mass is 428 g/mol. The second kappa shape index (κ2) is 11.4. The number of halogens is 2. The predicted octanol–water partition coefficient (Wildman–Crippen LogP) is 5.48. The van der Waals surface area contributed by atoms with Crippen molar-refractivity contribution in [3.63, 3.8) is 0 Å². The predicted molar refractivity (Wildman–Crippen MR) is 127 cm³/mol. The highest BCUT2D eigenvalue weighted by Crippen LogP contribution is 2.32. The molecule has 0 radical (unpaired) electrons. The molecule has 1 unspecified atom stereocenters. The van der Waals surface area contributed by atoms with Crippen molar-refractivity contribution in [3.05, 3.63) is 108 Å². The summed E-state index contributed by atoms with van der Waals surface area (Å²) in [5.74, 6) is 0.385. The molecule has 0 N–H and O–H groups in total. The van der Waals surface area contributed by atoms with E-state index in [9.17, 15) is 0 Å². The molecule has 0 aliphatic carbocycles. The molecule has 0 spiro atoms. The Morgan fingerprint density at radius 1 is 0.724 bits per heavy atom. The van der Waals surface area contributed by atoms with E-state index >= 15 is 0 Å². The van der Waals surface area contributed by atoms with Crippen molar-refractivity contribution in [2.75, 3.05) is 26.7 Å². The highest BCUT2D eigenvalue weighted by molar-refractivity contribution is 5.85. The quantitative estimate of drug-likeness (QED) is 0.530. The first kappa shape index (κ1) is 23.4. The van der Waals surface area contributed by atoms with Gasteiger partial charge in [0.2, 0.25) is 0 Å². The first-order chi connectivity index (χ1) is 13.3. The van der Waals surface area contributed by atoms with Crippen LogP contribution in [0, 0.1) is 0 Å². The van der Waals surface area contributed by atoms with Crippen LogP contribution in [0.2, 0.25) is 0 Å². The summed E-state index contributed by atoms with van der Waals surface area (Å²) in [7, 11) is 2.28. The van der Waals surface area contributed by atoms with E-state index in [0.29, 0.717) is 12.0 Å². The zero-order valence-electron chi connectivity index (χ0n) is 16.9. The Labute approximate surface area is 187 Å². The summed E-state index contributed by atoms with van der Waals surface area (Å²) in [6.07, 6.45) is 0. The Bertz CT molecular complexity index is 788. The molecule has 1 saturated heterocycles. The number of likely N-dealkylation sites (N-methyl/N-ethyl adjacent to an activating group) is 1. The Morgan fingerprint density at radius 3 is 1.72 bits per heavy atom. The van der Waals surface area contributed by atoms with Crippen molar-refractivity contribution < 1.29 is 0 Å². The number of benzene rings is 3. The normalized spacial score (nSPS) is 17.4. The molecule has 3 aromatic carbocycles. The molecule has 1 atom stereocenters. The van der Waals surface area contributed by atoms with Crippen molar-refractivity contribution in [3.8, 4) is 0 Å². The van der Waals surface area contributed by atoms with Gasteiger partial charge in [-0.3, -0.25) is 9.80 Å². The zero-order valence-corrected chi connectivity index (χ0v) is 18.5. The highest BCUT2D eigenvalue weighted by Gasteiger charge is 2.32. The van der Waals surface area contributed by atoms with Gasteiger partial charge in [0.15, 0.2) is 0 Å². The summed E-state index contributed by atoms with van der Waals surface area (Å²) in [6, 6.07) is 33.3. The first-order valence-corrected chi connectivity index (χ1v) is 9.87. The minimum atomic E-state index is 0. The van der Waals surface area contributed by atoms with Crippen LogP contribution < -0.4 is 0 Å². The molecular formula is C25H30Cl2N2. The van der Waals surface area contributed by atoms with Gasteiger partial charge in [-0.05, 0) is 23.7 Å². The van der Waals surface area contributed by atoms with Crippen LogP contribution in [0.4, 0.5) is 0 Å². The van der Waals surface area contributed by atoms with Gasteiger partial charge >= 0.3 is 0 Å². The second-order valence-corrected chi connectivity index (χ2v) is 7.57. The molecule has 1 aliphatic rings. The summed E-state index contributed by atoms with van der Waals surface area (Å²) < 4.78 is 0. The van der Waals surface area contributed by atoms with Crippen LogP contribution in [0.3, 0.4) is 0 Å². The van der Waals surface area contributed by atoms with E-state index in [2.05, 4.69) is 108 Å². The number of piperazine rings is 1. The van der Waals surface area contributed by atoms with Crippen LogP contribution in [0.5, 0.6) is 0 Å². The van der Waals surface area contributed by atoms with Crippen LogP contribution in [0.15, 0.2) is 91.0 Å². The third-order valence-electron chi connectivity index (χ3n) is 5.73. The molecular weight excluding hydrogens is 399 g/mol. The maximum absolute atomic E-state index is 2.61. The van der Waals surface area contributed by atoms with Crippen LogP contribution in [-0.2, 0) is 6.54 Å². The number of nitrogens with zero attached hydrogens (tertiary/aromatic N) is 2. The summed E-state index contributed by atoms with van der Waals surface area (Å²) in [5, 5.41) is 0. The lowest BCUT2D eigenvalue weighted by atomic mass is 9.83. The first-order valence-electron chi connectivity index (χ1n) is 9.87. The smallest absolute Gasteiger partial charge is 0.0330 e. The van der Waals surface area contributed by atoms with Crippen LogP contribution in [0.25, 0.3) is 0 Å². The maximum Gasteiger partial charge on any atom is 0.0330 e. The van der Waals surface area contributed by atoms with Gasteiger partial charge in [0.25, 0.3) is 0 Å². The average Bonchev–Trinajstić information content (AvgIpc) is 2.73. The third-order valence-corrected chi connectivity index (χ3v) is 5.73. The summed E-state index contributed by atoms with van der Waals surface area (Å²) in [6.45, 7) is 4.34. The summed E-state index contributed by atoms with van der Waals surface area (Å²) in [4.78, 5) is 5.16. The molecule has 1 aliphatic heterocycles. The lowest BCUT2D eigenvalue weighted by molar-refractivity contribution is 0.0816. The summed E-state index contributed by atoms with van der Waals surface area (Å²) >= 11 is 0. The molecule has 3 aromatic rings. The Morgan fingerprint density at radius 2 is 1.21 bits per heavy atom. The molecule has 2 nitrogen and oxygen atoms in total. The van der Waals surface area contributed by atoms with E-state index in [1.54, 1.807) is 0 Å². The third kappa shape index (κ3) is 5.83. The van der Waals surface area contributed by atoms with E-state index in [1.165, 1.54) is 16.7 Å². The fourth-order valence-electron chi connectivity index (χ4n) is 4.26. The van der Waals surface area contributed by atoms with Gasteiger partial charge < -0.3 is 0 Å². The van der Waals surface area contributed by atoms with Crippen molar-refractivity contribution in [2.45, 2.75) is 18.5 Å². The molecule has 0 amide bonds. The molecule has 29 heavy (non-hydrogen) atoms. The fourth-order valence-corrected chi connectivity index (χ4v) is 4.26. The van der Waals surface area contributed by atoms with Gasteiger partial charge in [0.1, 0.15) is 0 Å². The fraction of sp³-hybridized carbons (Fsp3) is 0.280. The van der Waals surface area contributed by atoms with Crippen molar-refractivity contribution in [1.29, 1.82) is 0 Å². The number of hydrogen-bond donors (Lipinski definition) is 0. The minimum Gasteiger partial charge on any atom is -0.300 e. The molecule has 1 fully saturated rings. The molecule has 0 aromatic heterocycles. The van der Waals surface area contributed by atoms with Gasteiger partial charge in [-0.15, -0.1) is 24.8 Å². The average molecular weight is 429 g/mol. The second-order valence-electron chi connectivity index (χ2n) is 7.57. The maximum atomic E-state index is 2.61. The molecule has 0 bridgehead atoms. The highest BCUT2D eigenvalue weighted by atomic mass is 35.5. The van der Waals surface area contributed by atoms with Crippen LogP contribution in [0.1, 0.15) is 22.6 Å². The molecule has 0 saturated carbocycles. The Balaban J connectivity index is 0.00000150. The van der Waals surface area contributed by atoms with E-state index in [0.717, 1.165) is 26.2 Å². The van der Waals surface area contributed by atoms with Gasteiger partial charge in [-0.1, -0.05) is 91.0 Å². The topological polar surface area (TPSA) is 6.48 Å². The number of rotatable bonds is 5. The van der Waals surface area contributed by atoms with E-state index < -0.39 is 0 Å². The van der Waals surface area contributed by atoms with Crippen LogP contribution >= 0.6 is 24.8 Å². The van der Waals surface area contributed by atoms with E-state index in [1.807, 2.05) is 0 Å². The number of hydrogen-bond acceptors (Lipinski definition) is 2. The lowest BCUT2D eigenvalue weighted by Crippen LogP contribution is -2.53. The minimum absolute atomic E-state index is 0. The summed E-state index contributed by atoms with van der Waals surface area (Å²) in [5.41, 5.74) is 4.21. The SMILES string of the molecule is CN1CCN(Cc2ccccc2)CC1C(c1ccccc1)c1ccccc1.Cl.Cl. The van der Waals surface area contributed by atoms with Gasteiger partial charge in [0.05, 0.1) is 0 Å². The largest absolute Gasteiger partial charge is 0.300 e. The van der Waals surface area contributed by atoms with E-state index in [4.69, 9.17) is 0 Å². The van der Waals surface area contributed by atoms with Crippen molar-refractivity contribution in [1.82, 2.24) is 9.80 Å². The van der Waals surface area contributed by atoms with Crippen molar-refractivity contribution in [2.24, 2.45) is 0 Å². The Hall–Kier alpha value is -1.84. The molecule has 4 heteroatoms. The van der Waals surface area contributed by atoms with E-state index in [-0.39, 0.29) is 24.8 Å². The Kier molecular flexibility index (Phi) is 9.19.